The molecule has 1 aliphatic rings. The molecule has 8 heteroatoms. The van der Waals surface area contributed by atoms with Crippen molar-refractivity contribution in [1.29, 1.82) is 0 Å². The average molecular weight is 343 g/mol. The number of nitrogens with zero attached hydrogens (tertiary/aromatic N) is 4. The molecular weight excluding hydrogens is 329 g/mol. The van der Waals surface area contributed by atoms with E-state index in [4.69, 9.17) is 11.6 Å². The molecule has 4 nitrogen and oxygen atoms in total. The van der Waals surface area contributed by atoms with Crippen LogP contribution in [-0.4, -0.2) is 36.1 Å². The number of piperazine rings is 1. The lowest BCUT2D eigenvalue weighted by molar-refractivity contribution is -0.137. The van der Waals surface area contributed by atoms with Crippen LogP contribution in [-0.2, 0) is 6.18 Å². The fourth-order valence-electron chi connectivity index (χ4n) is 2.58. The van der Waals surface area contributed by atoms with Crippen LogP contribution in [0.2, 0.25) is 5.02 Å². The molecule has 1 aromatic carbocycles. The molecule has 1 fully saturated rings. The van der Waals surface area contributed by atoms with E-state index in [-0.39, 0.29) is 0 Å². The van der Waals surface area contributed by atoms with Crippen LogP contribution in [0.15, 0.2) is 36.8 Å². The molecule has 0 amide bonds. The first-order chi connectivity index (χ1) is 10.9. The minimum absolute atomic E-state index is 0.496. The molecule has 122 valence electrons. The third-order valence-corrected chi connectivity index (χ3v) is 4.05. The first-order valence-corrected chi connectivity index (χ1v) is 7.45. The van der Waals surface area contributed by atoms with Crippen molar-refractivity contribution in [2.45, 2.75) is 6.18 Å². The Labute approximate surface area is 136 Å². The van der Waals surface area contributed by atoms with E-state index < -0.39 is 11.7 Å². The monoisotopic (exact) mass is 342 g/mol. The van der Waals surface area contributed by atoms with Crippen LogP contribution >= 0.6 is 11.6 Å². The van der Waals surface area contributed by atoms with Gasteiger partial charge >= 0.3 is 6.18 Å². The number of rotatable bonds is 2. The number of hydrogen-bond acceptors (Lipinski definition) is 4. The van der Waals surface area contributed by atoms with Gasteiger partial charge < -0.3 is 9.80 Å². The smallest absolute Gasteiger partial charge is 0.368 e. The number of halogens is 4. The zero-order chi connectivity index (χ0) is 16.4. The van der Waals surface area contributed by atoms with Crippen LogP contribution in [0.3, 0.4) is 0 Å². The van der Waals surface area contributed by atoms with E-state index >= 15 is 0 Å². The highest BCUT2D eigenvalue weighted by Gasteiger charge is 2.30. The van der Waals surface area contributed by atoms with Gasteiger partial charge in [-0.25, -0.2) is 9.97 Å². The average Bonchev–Trinajstić information content (AvgIpc) is 2.55. The second-order valence-electron chi connectivity index (χ2n) is 5.21. The normalized spacial score (nSPS) is 15.8. The van der Waals surface area contributed by atoms with Gasteiger partial charge in [0.05, 0.1) is 11.8 Å². The molecule has 2 aromatic rings. The van der Waals surface area contributed by atoms with Crippen LogP contribution in [0, 0.1) is 0 Å². The Kier molecular flexibility index (Phi) is 4.30. The molecule has 23 heavy (non-hydrogen) atoms. The van der Waals surface area contributed by atoms with Crippen molar-refractivity contribution < 1.29 is 13.2 Å². The highest BCUT2D eigenvalue weighted by molar-refractivity contribution is 6.32. The Bertz CT molecular complexity index is 667. The maximum absolute atomic E-state index is 12.6. The molecular formula is C15H14ClF3N4. The third-order valence-electron chi connectivity index (χ3n) is 3.79. The summed E-state index contributed by atoms with van der Waals surface area (Å²) in [5.74, 6) is 0.689. The zero-order valence-corrected chi connectivity index (χ0v) is 12.8. The van der Waals surface area contributed by atoms with Crippen LogP contribution in [0.5, 0.6) is 0 Å². The lowest BCUT2D eigenvalue weighted by atomic mass is 10.1. The minimum atomic E-state index is -4.30. The van der Waals surface area contributed by atoms with Crippen molar-refractivity contribution in [3.8, 4) is 0 Å². The fraction of sp³-hybridized carbons (Fsp3) is 0.333. The Hall–Kier alpha value is -2.02. The lowest BCUT2D eigenvalue weighted by Gasteiger charge is -2.37. The van der Waals surface area contributed by atoms with Crippen LogP contribution in [0.4, 0.5) is 24.7 Å². The summed E-state index contributed by atoms with van der Waals surface area (Å²) in [7, 11) is 0. The van der Waals surface area contributed by atoms with Gasteiger partial charge in [-0.15, -0.1) is 0 Å². The summed E-state index contributed by atoms with van der Waals surface area (Å²) in [6, 6.07) is 5.25. The van der Waals surface area contributed by atoms with Gasteiger partial charge in [0.25, 0.3) is 0 Å². The first-order valence-electron chi connectivity index (χ1n) is 7.08. The van der Waals surface area contributed by atoms with E-state index in [1.54, 1.807) is 6.20 Å². The second-order valence-corrected chi connectivity index (χ2v) is 5.62. The summed E-state index contributed by atoms with van der Waals surface area (Å²) < 4.78 is 37.8. The molecule has 1 aliphatic heterocycles. The van der Waals surface area contributed by atoms with Crippen LogP contribution in [0.25, 0.3) is 0 Å². The van der Waals surface area contributed by atoms with E-state index in [0.29, 0.717) is 37.0 Å². The quantitative estimate of drug-likeness (QED) is 0.836. The number of alkyl halides is 3. The van der Waals surface area contributed by atoms with Crippen molar-refractivity contribution in [3.05, 3.63) is 47.4 Å². The Morgan fingerprint density at radius 2 is 1.57 bits per heavy atom. The van der Waals surface area contributed by atoms with Gasteiger partial charge in [0.2, 0.25) is 0 Å². The Morgan fingerprint density at radius 1 is 0.957 bits per heavy atom. The van der Waals surface area contributed by atoms with E-state index in [9.17, 15) is 13.2 Å². The standard InChI is InChI=1S/C15H14ClF3N4/c16-13-9-20-10-21-14(13)23-7-5-22(6-8-23)12-3-1-11(2-4-12)15(17,18)19/h1-4,9-10H,5-8H2. The number of benzene rings is 1. The van der Waals surface area contributed by atoms with E-state index in [2.05, 4.69) is 9.97 Å². The predicted molar refractivity (Wildman–Crippen MR) is 82.9 cm³/mol. The number of anilines is 2. The predicted octanol–water partition coefficient (Wildman–Crippen LogP) is 3.48. The summed E-state index contributed by atoms with van der Waals surface area (Å²) in [5, 5.41) is 0.496. The number of hydrogen-bond donors (Lipinski definition) is 0. The van der Waals surface area contributed by atoms with Gasteiger partial charge in [0.15, 0.2) is 5.82 Å². The highest BCUT2D eigenvalue weighted by Crippen LogP contribution is 2.31. The molecule has 0 N–H and O–H groups in total. The van der Waals surface area contributed by atoms with Crippen molar-refractivity contribution >= 4 is 23.1 Å². The molecule has 0 bridgehead atoms. The van der Waals surface area contributed by atoms with Crippen molar-refractivity contribution in [2.24, 2.45) is 0 Å². The van der Waals surface area contributed by atoms with Crippen molar-refractivity contribution in [2.75, 3.05) is 36.0 Å². The lowest BCUT2D eigenvalue weighted by Crippen LogP contribution is -2.47. The second kappa shape index (κ2) is 6.23. The summed E-state index contributed by atoms with van der Waals surface area (Å²) in [6.07, 6.45) is -1.31. The summed E-state index contributed by atoms with van der Waals surface area (Å²) in [5.41, 5.74) is 0.152. The van der Waals surface area contributed by atoms with Gasteiger partial charge in [0, 0.05) is 31.9 Å². The van der Waals surface area contributed by atoms with Crippen molar-refractivity contribution in [3.63, 3.8) is 0 Å². The molecule has 0 unspecified atom stereocenters. The molecule has 0 spiro atoms. The molecule has 1 saturated heterocycles. The first kappa shape index (κ1) is 15.9. The largest absolute Gasteiger partial charge is 0.416 e. The van der Waals surface area contributed by atoms with E-state index in [1.165, 1.54) is 18.5 Å². The topological polar surface area (TPSA) is 32.3 Å². The highest BCUT2D eigenvalue weighted by atomic mass is 35.5. The number of aromatic nitrogens is 2. The Morgan fingerprint density at radius 3 is 2.13 bits per heavy atom. The third kappa shape index (κ3) is 3.50. The maximum Gasteiger partial charge on any atom is 0.416 e. The van der Waals surface area contributed by atoms with Gasteiger partial charge in [0.1, 0.15) is 11.3 Å². The molecule has 0 aliphatic carbocycles. The van der Waals surface area contributed by atoms with Crippen LogP contribution in [0.1, 0.15) is 5.56 Å². The molecule has 0 radical (unpaired) electrons. The van der Waals surface area contributed by atoms with Crippen LogP contribution < -0.4 is 9.80 Å². The van der Waals surface area contributed by atoms with Gasteiger partial charge in [-0.3, -0.25) is 0 Å². The maximum atomic E-state index is 12.6. The molecule has 1 aromatic heterocycles. The van der Waals surface area contributed by atoms with Gasteiger partial charge in [-0.1, -0.05) is 11.6 Å². The van der Waals surface area contributed by atoms with E-state index in [0.717, 1.165) is 17.8 Å². The van der Waals surface area contributed by atoms with Gasteiger partial charge in [-0.05, 0) is 24.3 Å². The molecule has 0 saturated carbocycles. The molecule has 2 heterocycles. The molecule has 3 rings (SSSR count). The van der Waals surface area contributed by atoms with E-state index in [1.807, 2.05) is 9.80 Å². The zero-order valence-electron chi connectivity index (χ0n) is 12.1. The SMILES string of the molecule is FC(F)(F)c1ccc(N2CCN(c3ncncc3Cl)CC2)cc1. The van der Waals surface area contributed by atoms with Gasteiger partial charge in [-0.2, -0.15) is 13.2 Å². The molecule has 0 atom stereocenters. The van der Waals surface area contributed by atoms with Crippen molar-refractivity contribution in [1.82, 2.24) is 9.97 Å². The summed E-state index contributed by atoms with van der Waals surface area (Å²) in [4.78, 5) is 12.1. The summed E-state index contributed by atoms with van der Waals surface area (Å²) in [6.45, 7) is 2.76. The summed E-state index contributed by atoms with van der Waals surface area (Å²) >= 11 is 6.08. The fourth-order valence-corrected chi connectivity index (χ4v) is 2.80. The Balaban J connectivity index is 1.66. The minimum Gasteiger partial charge on any atom is -0.368 e.